The van der Waals surface area contributed by atoms with Gasteiger partial charge in [-0.3, -0.25) is 0 Å². The normalized spacial score (nSPS) is 19.2. The average Bonchev–Trinajstić information content (AvgIpc) is 3.24. The number of benzene rings is 3. The lowest BCUT2D eigenvalue weighted by Crippen LogP contribution is -2.33. The molecule has 2 atom stereocenters. The number of nitrogens with zero attached hydrogens (tertiary/aromatic N) is 2. The molecule has 0 amide bonds. The van der Waals surface area contributed by atoms with Gasteiger partial charge in [0.2, 0.25) is 6.23 Å². The summed E-state index contributed by atoms with van der Waals surface area (Å²) in [4.78, 5) is 0. The number of hydrogen-bond acceptors (Lipinski definition) is 4. The summed E-state index contributed by atoms with van der Waals surface area (Å²) in [7, 11) is 0. The van der Waals surface area contributed by atoms with Gasteiger partial charge in [0.15, 0.2) is 0 Å². The van der Waals surface area contributed by atoms with E-state index in [2.05, 4.69) is 28.6 Å². The quantitative estimate of drug-likeness (QED) is 0.398. The van der Waals surface area contributed by atoms with E-state index < -0.39 is 6.23 Å². The van der Waals surface area contributed by atoms with Crippen molar-refractivity contribution in [2.24, 2.45) is 5.10 Å². The highest BCUT2D eigenvalue weighted by atomic mass is 79.9. The molecule has 2 aliphatic rings. The molecule has 0 aromatic heterocycles. The minimum absolute atomic E-state index is 0.0306. The predicted molar refractivity (Wildman–Crippen MR) is 122 cm³/mol. The molecule has 0 saturated carbocycles. The maximum atomic E-state index is 13.5. The number of ether oxygens (including phenoxy) is 2. The van der Waals surface area contributed by atoms with Gasteiger partial charge in [-0.2, -0.15) is 5.10 Å². The van der Waals surface area contributed by atoms with E-state index in [9.17, 15) is 4.39 Å². The van der Waals surface area contributed by atoms with E-state index in [4.69, 9.17) is 14.6 Å². The molecule has 0 radical (unpaired) electrons. The van der Waals surface area contributed by atoms with Crippen molar-refractivity contribution in [2.45, 2.75) is 18.7 Å². The second kappa shape index (κ2) is 8.19. The van der Waals surface area contributed by atoms with Crippen LogP contribution < -0.4 is 9.47 Å². The van der Waals surface area contributed by atoms with E-state index in [1.807, 2.05) is 41.4 Å². The van der Waals surface area contributed by atoms with Crippen LogP contribution >= 0.6 is 15.9 Å². The molecule has 0 fully saturated rings. The maximum Gasteiger partial charge on any atom is 0.213 e. The molecule has 0 saturated heterocycles. The first-order valence-electron chi connectivity index (χ1n) is 10.0. The Kier molecular flexibility index (Phi) is 5.24. The summed E-state index contributed by atoms with van der Waals surface area (Å²) >= 11 is 3.57. The van der Waals surface area contributed by atoms with Crippen LogP contribution in [0.15, 0.2) is 89.0 Å². The Labute approximate surface area is 188 Å². The van der Waals surface area contributed by atoms with E-state index in [1.165, 1.54) is 12.1 Å². The topological polar surface area (TPSA) is 34.1 Å². The third-order valence-corrected chi connectivity index (χ3v) is 5.96. The first-order chi connectivity index (χ1) is 15.1. The van der Waals surface area contributed by atoms with Gasteiger partial charge in [-0.1, -0.05) is 40.7 Å². The maximum absolute atomic E-state index is 13.5. The summed E-state index contributed by atoms with van der Waals surface area (Å²) in [5, 5.41) is 6.93. The van der Waals surface area contributed by atoms with Gasteiger partial charge in [-0.15, -0.1) is 0 Å². The van der Waals surface area contributed by atoms with Gasteiger partial charge in [0.1, 0.15) is 23.9 Å². The Morgan fingerprint density at radius 3 is 2.65 bits per heavy atom. The largest absolute Gasteiger partial charge is 0.490 e. The van der Waals surface area contributed by atoms with Crippen molar-refractivity contribution in [2.75, 3.05) is 6.61 Å². The van der Waals surface area contributed by atoms with Gasteiger partial charge in [-0.25, -0.2) is 9.40 Å². The van der Waals surface area contributed by atoms with Gasteiger partial charge in [0, 0.05) is 22.0 Å². The summed E-state index contributed by atoms with van der Waals surface area (Å²) in [5.41, 5.74) is 3.95. The Morgan fingerprint density at radius 2 is 1.90 bits per heavy atom. The number of fused-ring (bicyclic) bond motifs is 3. The summed E-state index contributed by atoms with van der Waals surface area (Å²) in [6.07, 6.45) is 2.04. The predicted octanol–water partition coefficient (Wildman–Crippen LogP) is 6.40. The van der Waals surface area contributed by atoms with E-state index in [1.54, 1.807) is 18.2 Å². The zero-order valence-corrected chi connectivity index (χ0v) is 18.3. The molecule has 0 N–H and O–H groups in total. The minimum atomic E-state index is -0.424. The van der Waals surface area contributed by atoms with Crippen molar-refractivity contribution in [1.82, 2.24) is 5.01 Å². The summed E-state index contributed by atoms with van der Waals surface area (Å²) in [6.45, 7) is 4.14. The molecule has 3 aromatic rings. The molecule has 0 aliphatic carbocycles. The monoisotopic (exact) mass is 478 g/mol. The number of rotatable bonds is 5. The zero-order valence-electron chi connectivity index (χ0n) is 16.7. The van der Waals surface area contributed by atoms with Crippen molar-refractivity contribution < 1.29 is 13.9 Å². The van der Waals surface area contributed by atoms with Crippen molar-refractivity contribution in [3.63, 3.8) is 0 Å². The molecule has 5 rings (SSSR count). The summed E-state index contributed by atoms with van der Waals surface area (Å²) in [5.74, 6) is 1.34. The molecule has 156 valence electrons. The lowest BCUT2D eigenvalue weighted by Gasteiger charge is -2.38. The highest BCUT2D eigenvalue weighted by Gasteiger charge is 2.41. The molecule has 0 spiro atoms. The SMILES string of the molecule is C=CCOc1ccc(C2=NN3[C@H](C2)c2cc(Br)ccc2O[C@H]3c2ccc(F)cc2)cc1. The van der Waals surface area contributed by atoms with Crippen LogP contribution in [0.3, 0.4) is 0 Å². The standard InChI is InChI=1S/C25H20BrFN2O2/c1-2-13-30-20-10-5-16(6-11-20)22-15-23-21-14-18(26)7-12-24(21)31-25(29(23)28-22)17-3-8-19(27)9-4-17/h2-12,14,23,25H,1,13,15H2/t23-,25+/m1/s1. The number of hydrogen-bond donors (Lipinski definition) is 0. The van der Waals surface area contributed by atoms with Gasteiger partial charge in [0.25, 0.3) is 0 Å². The van der Waals surface area contributed by atoms with Crippen LogP contribution in [-0.2, 0) is 0 Å². The average molecular weight is 479 g/mol. The van der Waals surface area contributed by atoms with Crippen LogP contribution in [-0.4, -0.2) is 17.3 Å². The molecule has 2 aliphatic heterocycles. The van der Waals surface area contributed by atoms with E-state index in [0.717, 1.165) is 44.8 Å². The molecule has 6 heteroatoms. The lowest BCUT2D eigenvalue weighted by molar-refractivity contribution is -0.0191. The molecule has 2 heterocycles. The second-order valence-corrected chi connectivity index (χ2v) is 8.39. The minimum Gasteiger partial charge on any atom is -0.490 e. The fraction of sp³-hybridized carbons (Fsp3) is 0.160. The van der Waals surface area contributed by atoms with Gasteiger partial charge >= 0.3 is 0 Å². The van der Waals surface area contributed by atoms with Crippen LogP contribution in [0.5, 0.6) is 11.5 Å². The van der Waals surface area contributed by atoms with Crippen molar-refractivity contribution >= 4 is 21.6 Å². The Morgan fingerprint density at radius 1 is 1.13 bits per heavy atom. The molecule has 0 unspecified atom stereocenters. The summed E-state index contributed by atoms with van der Waals surface area (Å²) in [6, 6.07) is 20.4. The fourth-order valence-electron chi connectivity index (χ4n) is 3.98. The fourth-order valence-corrected chi connectivity index (χ4v) is 4.36. The highest BCUT2D eigenvalue weighted by molar-refractivity contribution is 9.10. The molecule has 31 heavy (non-hydrogen) atoms. The van der Waals surface area contributed by atoms with Gasteiger partial charge < -0.3 is 9.47 Å². The number of hydrazone groups is 1. The Balaban J connectivity index is 1.51. The number of halogens is 2. The molecule has 0 bridgehead atoms. The van der Waals surface area contributed by atoms with Gasteiger partial charge in [-0.05, 0) is 60.2 Å². The van der Waals surface area contributed by atoms with Crippen LogP contribution in [0, 0.1) is 5.82 Å². The lowest BCUT2D eigenvalue weighted by atomic mass is 9.96. The molecule has 3 aromatic carbocycles. The highest BCUT2D eigenvalue weighted by Crippen LogP contribution is 2.48. The molecule has 4 nitrogen and oxygen atoms in total. The van der Waals surface area contributed by atoms with Crippen molar-refractivity contribution in [3.8, 4) is 11.5 Å². The summed E-state index contributed by atoms with van der Waals surface area (Å²) < 4.78 is 26.4. The van der Waals surface area contributed by atoms with Crippen LogP contribution in [0.2, 0.25) is 0 Å². The van der Waals surface area contributed by atoms with E-state index in [0.29, 0.717) is 6.61 Å². The van der Waals surface area contributed by atoms with Gasteiger partial charge in [0.05, 0.1) is 11.8 Å². The smallest absolute Gasteiger partial charge is 0.213 e. The zero-order chi connectivity index (χ0) is 21.4. The van der Waals surface area contributed by atoms with Crippen molar-refractivity contribution in [3.05, 3.63) is 106 Å². The third-order valence-electron chi connectivity index (χ3n) is 5.46. The molecular weight excluding hydrogens is 459 g/mol. The first kappa shape index (κ1) is 19.8. The van der Waals surface area contributed by atoms with Crippen molar-refractivity contribution in [1.29, 1.82) is 0 Å². The Bertz CT molecular complexity index is 1150. The second-order valence-electron chi connectivity index (χ2n) is 7.47. The third kappa shape index (κ3) is 3.83. The van der Waals surface area contributed by atoms with E-state index in [-0.39, 0.29) is 11.9 Å². The van der Waals surface area contributed by atoms with Crippen LogP contribution in [0.25, 0.3) is 0 Å². The molecular formula is C25H20BrFN2O2. The van der Waals surface area contributed by atoms with E-state index >= 15 is 0 Å². The van der Waals surface area contributed by atoms with Crippen LogP contribution in [0.1, 0.15) is 35.4 Å². The van der Waals surface area contributed by atoms with Crippen LogP contribution in [0.4, 0.5) is 4.39 Å². The Hall–Kier alpha value is -3.12. The first-order valence-corrected chi connectivity index (χ1v) is 10.8.